The molecule has 4 aliphatic rings. The topological polar surface area (TPSA) is 65.4 Å². The SMILES string of the molecule is CC(C)(C)OC(=O)NC12CC(c3cnn(C4CC(OC(F)(F)F)C4)c3)(C1)C2. The van der Waals surface area contributed by atoms with Gasteiger partial charge in [0, 0.05) is 17.2 Å². The van der Waals surface area contributed by atoms with Crippen LogP contribution in [0, 0.1) is 0 Å². The van der Waals surface area contributed by atoms with Crippen molar-refractivity contribution < 1.29 is 27.4 Å². The summed E-state index contributed by atoms with van der Waals surface area (Å²) in [4.78, 5) is 12.0. The predicted molar refractivity (Wildman–Crippen MR) is 89.1 cm³/mol. The first-order valence-electron chi connectivity index (χ1n) is 9.18. The lowest BCUT2D eigenvalue weighted by molar-refractivity contribution is -0.353. The number of aromatic nitrogens is 2. The van der Waals surface area contributed by atoms with Crippen LogP contribution in [-0.2, 0) is 14.9 Å². The van der Waals surface area contributed by atoms with Crippen LogP contribution in [-0.4, -0.2) is 39.5 Å². The van der Waals surface area contributed by atoms with Gasteiger partial charge in [-0.25, -0.2) is 4.79 Å². The summed E-state index contributed by atoms with van der Waals surface area (Å²) < 4.78 is 47.7. The van der Waals surface area contributed by atoms with Crippen LogP contribution >= 0.6 is 0 Å². The Balaban J connectivity index is 1.28. The third-order valence-electron chi connectivity index (χ3n) is 5.75. The highest BCUT2D eigenvalue weighted by Gasteiger charge is 2.69. The lowest BCUT2D eigenvalue weighted by Gasteiger charge is -2.70. The van der Waals surface area contributed by atoms with E-state index < -0.39 is 24.2 Å². The third kappa shape index (κ3) is 3.53. The van der Waals surface area contributed by atoms with Gasteiger partial charge in [-0.1, -0.05) is 0 Å². The molecule has 0 atom stereocenters. The minimum absolute atomic E-state index is 0.0267. The lowest BCUT2D eigenvalue weighted by atomic mass is 9.38. The molecule has 2 bridgehead atoms. The number of rotatable bonds is 4. The van der Waals surface area contributed by atoms with Crippen molar-refractivity contribution >= 4 is 6.09 Å². The van der Waals surface area contributed by atoms with Crippen LogP contribution in [0.25, 0.3) is 0 Å². The van der Waals surface area contributed by atoms with Crippen molar-refractivity contribution in [2.45, 2.75) is 87.9 Å². The molecule has 1 amide bonds. The number of hydrogen-bond donors (Lipinski definition) is 1. The first-order chi connectivity index (χ1) is 12.4. The molecule has 1 aromatic rings. The normalized spacial score (nSPS) is 34.9. The Kier molecular flexibility index (Phi) is 3.87. The van der Waals surface area contributed by atoms with Gasteiger partial charge in [0.1, 0.15) is 5.60 Å². The molecule has 5 rings (SSSR count). The van der Waals surface area contributed by atoms with E-state index in [-0.39, 0.29) is 17.0 Å². The maximum atomic E-state index is 12.2. The van der Waals surface area contributed by atoms with Gasteiger partial charge in [0.2, 0.25) is 0 Å². The van der Waals surface area contributed by atoms with Gasteiger partial charge in [0.25, 0.3) is 0 Å². The number of ether oxygens (including phenoxy) is 2. The van der Waals surface area contributed by atoms with Gasteiger partial charge in [0.05, 0.1) is 18.3 Å². The van der Waals surface area contributed by atoms with Crippen LogP contribution in [0.3, 0.4) is 0 Å². The van der Waals surface area contributed by atoms with E-state index in [0.29, 0.717) is 12.8 Å². The van der Waals surface area contributed by atoms with E-state index in [1.165, 1.54) is 0 Å². The summed E-state index contributed by atoms with van der Waals surface area (Å²) in [6.45, 7) is 5.49. The molecule has 27 heavy (non-hydrogen) atoms. The van der Waals surface area contributed by atoms with E-state index in [4.69, 9.17) is 4.74 Å². The molecule has 150 valence electrons. The standard InChI is InChI=1S/C18H24F3N3O3/c1-15(2,3)27-14(25)23-17-8-16(9-17,10-17)11-6-22-24(7-11)12-4-13(5-12)26-18(19,20)21/h6-7,12-13H,4-5,8-10H2,1-3H3,(H,23,25). The van der Waals surface area contributed by atoms with Crippen molar-refractivity contribution in [3.63, 3.8) is 0 Å². The fourth-order valence-corrected chi connectivity index (χ4v) is 4.60. The smallest absolute Gasteiger partial charge is 0.444 e. The van der Waals surface area contributed by atoms with E-state index in [1.54, 1.807) is 10.9 Å². The molecule has 4 saturated carbocycles. The number of amides is 1. The molecule has 0 aliphatic heterocycles. The average Bonchev–Trinajstić information content (AvgIpc) is 2.81. The summed E-state index contributed by atoms with van der Waals surface area (Å²) in [7, 11) is 0. The summed E-state index contributed by atoms with van der Waals surface area (Å²) in [5.41, 5.74) is 0.407. The Morgan fingerprint density at radius 3 is 2.44 bits per heavy atom. The Bertz CT molecular complexity index is 727. The number of nitrogens with zero attached hydrogens (tertiary/aromatic N) is 2. The monoisotopic (exact) mass is 387 g/mol. The van der Waals surface area contributed by atoms with Crippen LogP contribution in [0.15, 0.2) is 12.4 Å². The zero-order chi connectivity index (χ0) is 19.7. The van der Waals surface area contributed by atoms with Gasteiger partial charge in [-0.2, -0.15) is 5.10 Å². The summed E-state index contributed by atoms with van der Waals surface area (Å²) in [6, 6.07) is -0.0488. The number of carbonyl (C=O) groups is 1. The van der Waals surface area contributed by atoms with Crippen molar-refractivity contribution in [3.8, 4) is 0 Å². The second kappa shape index (κ2) is 5.62. The van der Waals surface area contributed by atoms with E-state index in [9.17, 15) is 18.0 Å². The number of carbonyl (C=O) groups excluding carboxylic acids is 1. The highest BCUT2D eigenvalue weighted by molar-refractivity contribution is 5.70. The van der Waals surface area contributed by atoms with Crippen molar-refractivity contribution in [2.75, 3.05) is 0 Å². The number of halogens is 3. The number of alkyl halides is 3. The summed E-state index contributed by atoms with van der Waals surface area (Å²) in [5, 5.41) is 7.32. The molecule has 1 aromatic heterocycles. The third-order valence-corrected chi connectivity index (χ3v) is 5.75. The second-order valence-corrected chi connectivity index (χ2v) is 9.24. The molecule has 6 nitrogen and oxygen atoms in total. The summed E-state index contributed by atoms with van der Waals surface area (Å²) >= 11 is 0. The van der Waals surface area contributed by atoms with Gasteiger partial charge in [-0.15, -0.1) is 13.2 Å². The maximum absolute atomic E-state index is 12.2. The van der Waals surface area contributed by atoms with E-state index in [0.717, 1.165) is 24.8 Å². The van der Waals surface area contributed by atoms with Gasteiger partial charge >= 0.3 is 12.5 Å². The fourth-order valence-electron chi connectivity index (χ4n) is 4.60. The summed E-state index contributed by atoms with van der Waals surface area (Å²) in [6.07, 6.45) is 1.15. The molecule has 1 N–H and O–H groups in total. The number of hydrogen-bond acceptors (Lipinski definition) is 4. The van der Waals surface area contributed by atoms with E-state index in [2.05, 4.69) is 15.2 Å². The largest absolute Gasteiger partial charge is 0.522 e. The minimum Gasteiger partial charge on any atom is -0.444 e. The molecular formula is C18H24F3N3O3. The van der Waals surface area contributed by atoms with Gasteiger partial charge < -0.3 is 10.1 Å². The van der Waals surface area contributed by atoms with Crippen LogP contribution < -0.4 is 5.32 Å². The Morgan fingerprint density at radius 1 is 1.26 bits per heavy atom. The number of nitrogens with one attached hydrogen (secondary N) is 1. The highest BCUT2D eigenvalue weighted by atomic mass is 19.4. The molecule has 0 spiro atoms. The van der Waals surface area contributed by atoms with Crippen LogP contribution in [0.5, 0.6) is 0 Å². The van der Waals surface area contributed by atoms with Gasteiger partial charge in [-0.3, -0.25) is 9.42 Å². The number of alkyl carbamates (subject to hydrolysis) is 1. The molecule has 0 aromatic carbocycles. The molecule has 4 aliphatic carbocycles. The molecule has 0 radical (unpaired) electrons. The zero-order valence-corrected chi connectivity index (χ0v) is 15.6. The second-order valence-electron chi connectivity index (χ2n) is 9.24. The van der Waals surface area contributed by atoms with E-state index >= 15 is 0 Å². The Hall–Kier alpha value is -1.77. The van der Waals surface area contributed by atoms with Crippen LogP contribution in [0.4, 0.5) is 18.0 Å². The highest BCUT2D eigenvalue weighted by Crippen LogP contribution is 2.67. The fraction of sp³-hybridized carbons (Fsp3) is 0.778. The van der Waals surface area contributed by atoms with Crippen molar-refractivity contribution in [1.29, 1.82) is 0 Å². The zero-order valence-electron chi connectivity index (χ0n) is 15.6. The molecule has 1 heterocycles. The van der Waals surface area contributed by atoms with E-state index in [1.807, 2.05) is 27.0 Å². The molecule has 0 saturated heterocycles. The average molecular weight is 387 g/mol. The Morgan fingerprint density at radius 2 is 1.89 bits per heavy atom. The summed E-state index contributed by atoms with van der Waals surface area (Å²) in [5.74, 6) is 0. The molecule has 4 fully saturated rings. The van der Waals surface area contributed by atoms with Gasteiger partial charge in [0.15, 0.2) is 0 Å². The first kappa shape index (κ1) is 18.6. The van der Waals surface area contributed by atoms with Crippen molar-refractivity contribution in [1.82, 2.24) is 15.1 Å². The first-order valence-corrected chi connectivity index (χ1v) is 9.18. The predicted octanol–water partition coefficient (Wildman–Crippen LogP) is 3.82. The Labute approximate surface area is 155 Å². The lowest BCUT2D eigenvalue weighted by Crippen LogP contribution is -2.76. The van der Waals surface area contributed by atoms with Gasteiger partial charge in [-0.05, 0) is 58.4 Å². The van der Waals surface area contributed by atoms with Crippen molar-refractivity contribution in [3.05, 3.63) is 18.0 Å². The molecule has 9 heteroatoms. The van der Waals surface area contributed by atoms with Crippen molar-refractivity contribution in [2.24, 2.45) is 0 Å². The van der Waals surface area contributed by atoms with Crippen LogP contribution in [0.2, 0.25) is 0 Å². The maximum Gasteiger partial charge on any atom is 0.522 e. The molecule has 0 unspecified atom stereocenters. The quantitative estimate of drug-likeness (QED) is 0.853. The van der Waals surface area contributed by atoms with Crippen LogP contribution in [0.1, 0.15) is 64.5 Å². The molecular weight excluding hydrogens is 363 g/mol. The minimum atomic E-state index is -4.58.